The highest BCUT2D eigenvalue weighted by Gasteiger charge is 2.24. The Hall–Kier alpha value is -2.61. The number of sulfone groups is 1. The number of benzene rings is 1. The number of imidazole rings is 1. The lowest BCUT2D eigenvalue weighted by atomic mass is 10.3. The van der Waals surface area contributed by atoms with E-state index in [0.717, 1.165) is 0 Å². The zero-order chi connectivity index (χ0) is 16.4. The van der Waals surface area contributed by atoms with Crippen LogP contribution in [0.25, 0.3) is 5.69 Å². The summed E-state index contributed by atoms with van der Waals surface area (Å²) >= 11 is 0. The summed E-state index contributed by atoms with van der Waals surface area (Å²) in [5, 5.41) is 3.65. The summed E-state index contributed by atoms with van der Waals surface area (Å²) in [5.74, 6) is 0.613. The van der Waals surface area contributed by atoms with E-state index in [0.29, 0.717) is 17.1 Å². The quantitative estimate of drug-likeness (QED) is 0.711. The van der Waals surface area contributed by atoms with E-state index in [9.17, 15) is 8.42 Å². The SMILES string of the molecule is COc1cccc(-n2ccnc2S(=O)(=O)Cc2cc(C)no2)c1. The van der Waals surface area contributed by atoms with Crippen LogP contribution in [0.3, 0.4) is 0 Å². The summed E-state index contributed by atoms with van der Waals surface area (Å²) in [6, 6.07) is 8.67. The number of methoxy groups -OCH3 is 1. The Labute approximate surface area is 133 Å². The summed E-state index contributed by atoms with van der Waals surface area (Å²) < 4.78 is 36.9. The van der Waals surface area contributed by atoms with Crippen molar-refractivity contribution in [3.63, 3.8) is 0 Å². The molecule has 2 heterocycles. The lowest BCUT2D eigenvalue weighted by Gasteiger charge is -2.09. The first-order valence-corrected chi connectivity index (χ1v) is 8.47. The summed E-state index contributed by atoms with van der Waals surface area (Å²) in [4.78, 5) is 3.99. The third kappa shape index (κ3) is 3.11. The monoisotopic (exact) mass is 333 g/mol. The maximum atomic E-state index is 12.6. The average Bonchev–Trinajstić information content (AvgIpc) is 3.16. The maximum absolute atomic E-state index is 12.6. The lowest BCUT2D eigenvalue weighted by Crippen LogP contribution is -2.11. The minimum atomic E-state index is -3.68. The second-order valence-electron chi connectivity index (χ2n) is 4.97. The van der Waals surface area contributed by atoms with Gasteiger partial charge in [0.05, 0.1) is 18.5 Å². The third-order valence-corrected chi connectivity index (χ3v) is 4.75. The van der Waals surface area contributed by atoms with Crippen LogP contribution in [0.15, 0.2) is 52.4 Å². The van der Waals surface area contributed by atoms with Gasteiger partial charge in [-0.05, 0) is 19.1 Å². The number of hydrogen-bond donors (Lipinski definition) is 0. The van der Waals surface area contributed by atoms with Gasteiger partial charge in [-0.15, -0.1) is 0 Å². The second kappa shape index (κ2) is 5.88. The molecule has 23 heavy (non-hydrogen) atoms. The average molecular weight is 333 g/mol. The van der Waals surface area contributed by atoms with E-state index in [1.807, 2.05) is 0 Å². The van der Waals surface area contributed by atoms with E-state index in [2.05, 4.69) is 10.1 Å². The molecule has 0 atom stereocenters. The standard InChI is InChI=1S/C15H15N3O4S/c1-11-8-14(22-17-11)10-23(19,20)15-16-6-7-18(15)12-4-3-5-13(9-12)21-2/h3-9H,10H2,1-2H3. The van der Waals surface area contributed by atoms with Crippen molar-refractivity contribution >= 4 is 9.84 Å². The topological polar surface area (TPSA) is 87.2 Å². The molecule has 0 radical (unpaired) electrons. The van der Waals surface area contributed by atoms with Crippen molar-refractivity contribution in [2.24, 2.45) is 0 Å². The zero-order valence-corrected chi connectivity index (χ0v) is 13.4. The molecule has 0 fully saturated rings. The normalized spacial score (nSPS) is 11.6. The molecule has 0 aliphatic rings. The van der Waals surface area contributed by atoms with Crippen LogP contribution in [0.1, 0.15) is 11.5 Å². The predicted molar refractivity (Wildman–Crippen MR) is 82.2 cm³/mol. The molecule has 0 saturated carbocycles. The van der Waals surface area contributed by atoms with Crippen LogP contribution in [-0.2, 0) is 15.6 Å². The maximum Gasteiger partial charge on any atom is 0.232 e. The Kier molecular flexibility index (Phi) is 3.91. The fourth-order valence-electron chi connectivity index (χ4n) is 2.21. The molecule has 8 heteroatoms. The molecule has 0 unspecified atom stereocenters. The van der Waals surface area contributed by atoms with E-state index in [1.54, 1.807) is 50.6 Å². The molecule has 1 aromatic carbocycles. The first-order valence-electron chi connectivity index (χ1n) is 6.82. The molecule has 3 aromatic rings. The van der Waals surface area contributed by atoms with Gasteiger partial charge in [-0.2, -0.15) is 0 Å². The number of hydrogen-bond acceptors (Lipinski definition) is 6. The lowest BCUT2D eigenvalue weighted by molar-refractivity contribution is 0.388. The van der Waals surface area contributed by atoms with Crippen LogP contribution in [0.5, 0.6) is 5.75 Å². The van der Waals surface area contributed by atoms with Gasteiger partial charge in [0.2, 0.25) is 15.0 Å². The number of aryl methyl sites for hydroxylation is 1. The third-order valence-electron chi connectivity index (χ3n) is 3.23. The van der Waals surface area contributed by atoms with Crippen molar-refractivity contribution in [1.29, 1.82) is 0 Å². The van der Waals surface area contributed by atoms with Gasteiger partial charge in [-0.1, -0.05) is 11.2 Å². The molecule has 3 rings (SSSR count). The van der Waals surface area contributed by atoms with E-state index in [-0.39, 0.29) is 16.7 Å². The Balaban J connectivity index is 1.99. The van der Waals surface area contributed by atoms with Crippen molar-refractivity contribution in [2.75, 3.05) is 7.11 Å². The van der Waals surface area contributed by atoms with Gasteiger partial charge in [0, 0.05) is 24.5 Å². The molecule has 0 amide bonds. The second-order valence-corrected chi connectivity index (χ2v) is 6.86. The Morgan fingerprint density at radius 1 is 1.30 bits per heavy atom. The first-order chi connectivity index (χ1) is 11.0. The number of nitrogens with zero attached hydrogens (tertiary/aromatic N) is 3. The van der Waals surface area contributed by atoms with Crippen LogP contribution in [0.2, 0.25) is 0 Å². The fourth-order valence-corrected chi connectivity index (χ4v) is 3.54. The van der Waals surface area contributed by atoms with E-state index >= 15 is 0 Å². The van der Waals surface area contributed by atoms with Crippen molar-refractivity contribution < 1.29 is 17.7 Å². The Morgan fingerprint density at radius 2 is 2.13 bits per heavy atom. The molecule has 0 aliphatic heterocycles. The van der Waals surface area contributed by atoms with Crippen molar-refractivity contribution in [3.05, 3.63) is 54.2 Å². The first kappa shape index (κ1) is 15.3. The molecule has 0 aliphatic carbocycles. The van der Waals surface area contributed by atoms with Gasteiger partial charge in [0.15, 0.2) is 5.76 Å². The summed E-state index contributed by atoms with van der Waals surface area (Å²) in [6.45, 7) is 1.73. The highest BCUT2D eigenvalue weighted by molar-refractivity contribution is 7.90. The zero-order valence-electron chi connectivity index (χ0n) is 12.6. The molecule has 0 N–H and O–H groups in total. The number of rotatable bonds is 5. The summed E-state index contributed by atoms with van der Waals surface area (Å²) in [7, 11) is -2.13. The highest BCUT2D eigenvalue weighted by atomic mass is 32.2. The molecule has 7 nitrogen and oxygen atoms in total. The van der Waals surface area contributed by atoms with E-state index < -0.39 is 9.84 Å². The molecule has 0 spiro atoms. The largest absolute Gasteiger partial charge is 0.497 e. The van der Waals surface area contributed by atoms with Gasteiger partial charge < -0.3 is 9.26 Å². The number of ether oxygens (including phenoxy) is 1. The molecular weight excluding hydrogens is 318 g/mol. The van der Waals surface area contributed by atoms with Crippen molar-refractivity contribution in [3.8, 4) is 11.4 Å². The van der Waals surface area contributed by atoms with Gasteiger partial charge >= 0.3 is 0 Å². The van der Waals surface area contributed by atoms with E-state index in [4.69, 9.17) is 9.26 Å². The minimum Gasteiger partial charge on any atom is -0.497 e. The Morgan fingerprint density at radius 3 is 2.83 bits per heavy atom. The van der Waals surface area contributed by atoms with Gasteiger partial charge in [-0.3, -0.25) is 4.57 Å². The fraction of sp³-hybridized carbons (Fsp3) is 0.200. The Bertz CT molecular complexity index is 928. The molecule has 0 bridgehead atoms. The number of aromatic nitrogens is 3. The smallest absolute Gasteiger partial charge is 0.232 e. The summed E-state index contributed by atoms with van der Waals surface area (Å²) in [5.41, 5.74) is 1.28. The minimum absolute atomic E-state index is 0.0557. The van der Waals surface area contributed by atoms with Crippen molar-refractivity contribution in [1.82, 2.24) is 14.7 Å². The molecular formula is C15H15N3O4S. The molecule has 120 valence electrons. The predicted octanol–water partition coefficient (Wildman–Crippen LogP) is 2.15. The molecule has 2 aromatic heterocycles. The van der Waals surface area contributed by atoms with Gasteiger partial charge in [-0.25, -0.2) is 13.4 Å². The van der Waals surface area contributed by atoms with Gasteiger partial charge in [0.1, 0.15) is 11.5 Å². The van der Waals surface area contributed by atoms with Gasteiger partial charge in [0.25, 0.3) is 0 Å². The van der Waals surface area contributed by atoms with Crippen molar-refractivity contribution in [2.45, 2.75) is 17.8 Å². The molecule has 0 saturated heterocycles. The summed E-state index contributed by atoms with van der Waals surface area (Å²) in [6.07, 6.45) is 3.03. The van der Waals surface area contributed by atoms with Crippen LogP contribution >= 0.6 is 0 Å². The van der Waals surface area contributed by atoms with Crippen LogP contribution in [0.4, 0.5) is 0 Å². The van der Waals surface area contributed by atoms with Crippen LogP contribution < -0.4 is 4.74 Å². The van der Waals surface area contributed by atoms with Crippen LogP contribution in [0, 0.1) is 6.92 Å². The van der Waals surface area contributed by atoms with E-state index in [1.165, 1.54) is 10.8 Å². The highest BCUT2D eigenvalue weighted by Crippen LogP contribution is 2.22. The van der Waals surface area contributed by atoms with Crippen LogP contribution in [-0.4, -0.2) is 30.2 Å².